The smallest absolute Gasteiger partial charge is 0.123 e. The maximum atomic E-state index is 6.45. The first-order valence-corrected chi connectivity index (χ1v) is 10.9. The predicted molar refractivity (Wildman–Crippen MR) is 112 cm³/mol. The Hall–Kier alpha value is -1.80. The van der Waals surface area contributed by atoms with E-state index in [0.29, 0.717) is 18.1 Å². The fourth-order valence-corrected chi connectivity index (χ4v) is 4.92. The van der Waals surface area contributed by atoms with Gasteiger partial charge in [0.2, 0.25) is 0 Å². The van der Waals surface area contributed by atoms with Gasteiger partial charge < -0.3 is 10.1 Å². The maximum Gasteiger partial charge on any atom is 0.123 e. The Bertz CT molecular complexity index is 707. The molecule has 0 radical (unpaired) electrons. The number of benzene rings is 2. The highest BCUT2D eigenvalue weighted by atomic mass is 16.5. The molecule has 3 unspecified atom stereocenters. The molecule has 144 valence electrons. The molecule has 2 aromatic carbocycles. The maximum absolute atomic E-state index is 6.45. The standard InChI is InChI=1S/C25H33NO/c1-2-22(16-19-10-4-3-5-11-19)26-18-21-17-25(20-12-6-7-13-20)27-24-15-9-8-14-23(21)24/h3-5,8-11,14-15,20-22,25-26H,2,6-7,12-13,16-18H2,1H3. The topological polar surface area (TPSA) is 21.3 Å². The first kappa shape index (κ1) is 18.6. The van der Waals surface area contributed by atoms with E-state index in [1.54, 1.807) is 0 Å². The number of hydrogen-bond donors (Lipinski definition) is 1. The molecule has 0 spiro atoms. The van der Waals surface area contributed by atoms with E-state index in [1.165, 1.54) is 36.8 Å². The summed E-state index contributed by atoms with van der Waals surface area (Å²) in [5, 5.41) is 3.88. The first-order valence-electron chi connectivity index (χ1n) is 10.9. The number of hydrogen-bond acceptors (Lipinski definition) is 2. The Morgan fingerprint density at radius 1 is 1.00 bits per heavy atom. The Morgan fingerprint density at radius 2 is 1.74 bits per heavy atom. The minimum atomic E-state index is 0.406. The number of para-hydroxylation sites is 1. The normalized spacial score (nSPS) is 23.6. The van der Waals surface area contributed by atoms with Crippen LogP contribution in [-0.4, -0.2) is 18.7 Å². The molecule has 1 heterocycles. The van der Waals surface area contributed by atoms with Crippen molar-refractivity contribution in [3.05, 3.63) is 65.7 Å². The molecule has 1 saturated carbocycles. The summed E-state index contributed by atoms with van der Waals surface area (Å²) in [4.78, 5) is 0. The van der Waals surface area contributed by atoms with Gasteiger partial charge in [0.25, 0.3) is 0 Å². The summed E-state index contributed by atoms with van der Waals surface area (Å²) < 4.78 is 6.45. The fraction of sp³-hybridized carbons (Fsp3) is 0.520. The molecule has 1 N–H and O–H groups in total. The SMILES string of the molecule is CCC(Cc1ccccc1)NCC1CC(C2CCCC2)Oc2ccccc21. The van der Waals surface area contributed by atoms with Crippen LogP contribution in [0.1, 0.15) is 62.5 Å². The monoisotopic (exact) mass is 363 g/mol. The molecule has 2 aliphatic rings. The summed E-state index contributed by atoms with van der Waals surface area (Å²) >= 11 is 0. The molecule has 0 saturated heterocycles. The van der Waals surface area contributed by atoms with Crippen molar-refractivity contribution in [3.63, 3.8) is 0 Å². The highest BCUT2D eigenvalue weighted by Crippen LogP contribution is 2.41. The van der Waals surface area contributed by atoms with E-state index < -0.39 is 0 Å². The average molecular weight is 364 g/mol. The molecule has 2 aromatic rings. The van der Waals surface area contributed by atoms with Crippen molar-refractivity contribution >= 4 is 0 Å². The summed E-state index contributed by atoms with van der Waals surface area (Å²) in [6, 6.07) is 20.1. The van der Waals surface area contributed by atoms with E-state index in [1.807, 2.05) is 0 Å². The molecule has 2 nitrogen and oxygen atoms in total. The molecule has 1 fully saturated rings. The summed E-state index contributed by atoms with van der Waals surface area (Å²) in [5.41, 5.74) is 2.82. The largest absolute Gasteiger partial charge is 0.490 e. The lowest BCUT2D eigenvalue weighted by atomic mass is 9.84. The van der Waals surface area contributed by atoms with Crippen molar-refractivity contribution < 1.29 is 4.74 Å². The Labute approximate surface area is 164 Å². The molecular weight excluding hydrogens is 330 g/mol. The van der Waals surface area contributed by atoms with Crippen LogP contribution in [0.4, 0.5) is 0 Å². The van der Waals surface area contributed by atoms with Crippen molar-refractivity contribution in [2.75, 3.05) is 6.54 Å². The van der Waals surface area contributed by atoms with Gasteiger partial charge in [-0.15, -0.1) is 0 Å². The molecule has 0 amide bonds. The highest BCUT2D eigenvalue weighted by molar-refractivity contribution is 5.38. The quantitative estimate of drug-likeness (QED) is 0.679. The Kier molecular flexibility index (Phi) is 6.14. The summed E-state index contributed by atoms with van der Waals surface area (Å²) in [7, 11) is 0. The molecule has 3 atom stereocenters. The molecule has 0 aromatic heterocycles. The minimum absolute atomic E-state index is 0.406. The second-order valence-corrected chi connectivity index (χ2v) is 8.37. The van der Waals surface area contributed by atoms with Crippen LogP contribution < -0.4 is 10.1 Å². The molecule has 27 heavy (non-hydrogen) atoms. The van der Waals surface area contributed by atoms with Crippen molar-refractivity contribution in [2.24, 2.45) is 5.92 Å². The van der Waals surface area contributed by atoms with Gasteiger partial charge in [-0.3, -0.25) is 0 Å². The lowest BCUT2D eigenvalue weighted by Crippen LogP contribution is -2.38. The first-order chi connectivity index (χ1) is 13.3. The van der Waals surface area contributed by atoms with Gasteiger partial charge in [-0.05, 0) is 55.2 Å². The van der Waals surface area contributed by atoms with Crippen molar-refractivity contribution in [3.8, 4) is 5.75 Å². The van der Waals surface area contributed by atoms with Gasteiger partial charge in [-0.1, -0.05) is 68.3 Å². The lowest BCUT2D eigenvalue weighted by Gasteiger charge is -2.36. The average Bonchev–Trinajstić information content (AvgIpc) is 3.26. The van der Waals surface area contributed by atoms with Crippen LogP contribution in [0.3, 0.4) is 0 Å². The van der Waals surface area contributed by atoms with E-state index in [9.17, 15) is 0 Å². The number of rotatable bonds is 7. The molecule has 0 bridgehead atoms. The van der Waals surface area contributed by atoms with Gasteiger partial charge in [0.05, 0.1) is 0 Å². The van der Waals surface area contributed by atoms with Crippen LogP contribution in [0.25, 0.3) is 0 Å². The van der Waals surface area contributed by atoms with Crippen LogP contribution in [0, 0.1) is 5.92 Å². The third kappa shape index (κ3) is 4.55. The Balaban J connectivity index is 1.43. The zero-order valence-corrected chi connectivity index (χ0v) is 16.6. The molecular formula is C25H33NO. The molecule has 1 aliphatic carbocycles. The van der Waals surface area contributed by atoms with Crippen LogP contribution in [0.2, 0.25) is 0 Å². The highest BCUT2D eigenvalue weighted by Gasteiger charge is 2.34. The van der Waals surface area contributed by atoms with Crippen molar-refractivity contribution in [1.82, 2.24) is 5.32 Å². The number of nitrogens with one attached hydrogen (secondary N) is 1. The zero-order valence-electron chi connectivity index (χ0n) is 16.6. The van der Waals surface area contributed by atoms with Crippen LogP contribution in [-0.2, 0) is 6.42 Å². The third-order valence-electron chi connectivity index (χ3n) is 6.55. The second kappa shape index (κ2) is 8.93. The van der Waals surface area contributed by atoms with E-state index in [-0.39, 0.29) is 0 Å². The van der Waals surface area contributed by atoms with Crippen LogP contribution >= 0.6 is 0 Å². The number of fused-ring (bicyclic) bond motifs is 1. The third-order valence-corrected chi connectivity index (χ3v) is 6.55. The summed E-state index contributed by atoms with van der Waals surface area (Å²) in [6.45, 7) is 3.34. The van der Waals surface area contributed by atoms with Gasteiger partial charge in [0.1, 0.15) is 11.9 Å². The van der Waals surface area contributed by atoms with Gasteiger partial charge in [0.15, 0.2) is 0 Å². The molecule has 4 rings (SSSR count). The van der Waals surface area contributed by atoms with Gasteiger partial charge in [-0.25, -0.2) is 0 Å². The van der Waals surface area contributed by atoms with Gasteiger partial charge in [-0.2, -0.15) is 0 Å². The van der Waals surface area contributed by atoms with Crippen LogP contribution in [0.15, 0.2) is 54.6 Å². The lowest BCUT2D eigenvalue weighted by molar-refractivity contribution is 0.0998. The van der Waals surface area contributed by atoms with E-state index in [2.05, 4.69) is 66.8 Å². The Morgan fingerprint density at radius 3 is 2.52 bits per heavy atom. The van der Waals surface area contributed by atoms with Crippen LogP contribution in [0.5, 0.6) is 5.75 Å². The number of ether oxygens (including phenoxy) is 1. The molecule has 1 aliphatic heterocycles. The van der Waals surface area contributed by atoms with Gasteiger partial charge >= 0.3 is 0 Å². The van der Waals surface area contributed by atoms with E-state index in [4.69, 9.17) is 4.74 Å². The van der Waals surface area contributed by atoms with Crippen molar-refractivity contribution in [1.29, 1.82) is 0 Å². The van der Waals surface area contributed by atoms with E-state index >= 15 is 0 Å². The zero-order chi connectivity index (χ0) is 18.5. The second-order valence-electron chi connectivity index (χ2n) is 8.37. The predicted octanol–water partition coefficient (Wildman–Crippen LogP) is 5.72. The molecule has 2 heteroatoms. The van der Waals surface area contributed by atoms with E-state index in [0.717, 1.165) is 37.5 Å². The van der Waals surface area contributed by atoms with Crippen molar-refractivity contribution in [2.45, 2.75) is 69.9 Å². The summed E-state index contributed by atoms with van der Waals surface area (Å²) in [6.07, 6.45) is 9.28. The van der Waals surface area contributed by atoms with Gasteiger partial charge in [0, 0.05) is 18.5 Å². The minimum Gasteiger partial charge on any atom is -0.490 e. The fourth-order valence-electron chi connectivity index (χ4n) is 4.92. The summed E-state index contributed by atoms with van der Waals surface area (Å²) in [5.74, 6) is 2.45.